The Balaban J connectivity index is 2.14. The molecule has 0 radical (unpaired) electrons. The molecule has 2 rings (SSSR count). The van der Waals surface area contributed by atoms with E-state index in [2.05, 4.69) is 20.9 Å². The molecule has 1 fully saturated rings. The monoisotopic (exact) mass is 332 g/mol. The number of rotatable bonds is 4. The third-order valence-electron chi connectivity index (χ3n) is 3.38. The quantitative estimate of drug-likeness (QED) is 0.851. The Morgan fingerprint density at radius 3 is 2.67 bits per heavy atom. The van der Waals surface area contributed by atoms with Gasteiger partial charge < -0.3 is 0 Å². The van der Waals surface area contributed by atoms with Crippen LogP contribution < -0.4 is 0 Å². The lowest BCUT2D eigenvalue weighted by Crippen LogP contribution is -2.31. The van der Waals surface area contributed by atoms with Gasteiger partial charge >= 0.3 is 0 Å². The molecule has 0 atom stereocenters. The van der Waals surface area contributed by atoms with E-state index >= 15 is 0 Å². The molecule has 18 heavy (non-hydrogen) atoms. The fraction of sp³-hybridized carbons (Fsp3) is 0.583. The van der Waals surface area contributed by atoms with Gasteiger partial charge in [-0.25, -0.2) is 12.7 Å². The summed E-state index contributed by atoms with van der Waals surface area (Å²) in [6.45, 7) is 0.606. The predicted octanol–water partition coefficient (Wildman–Crippen LogP) is 2.65. The SMILES string of the molecule is CN(CC1CCCC1)S(=O)(=O)c1cncc(Br)c1. The molecule has 1 aromatic heterocycles. The first-order chi connectivity index (χ1) is 8.50. The van der Waals surface area contributed by atoms with Crippen molar-refractivity contribution in [3.05, 3.63) is 22.9 Å². The second kappa shape index (κ2) is 5.67. The summed E-state index contributed by atoms with van der Waals surface area (Å²) >= 11 is 3.25. The standard InChI is InChI=1S/C12H17BrN2O2S/c1-15(9-10-4-2-3-5-10)18(16,17)12-6-11(13)7-14-8-12/h6-8,10H,2-5,9H2,1H3. The zero-order valence-electron chi connectivity index (χ0n) is 10.3. The van der Waals surface area contributed by atoms with Crippen LogP contribution in [0.15, 0.2) is 27.8 Å². The first-order valence-corrected chi connectivity index (χ1v) is 8.30. The third-order valence-corrected chi connectivity index (χ3v) is 5.60. The van der Waals surface area contributed by atoms with Crippen molar-refractivity contribution < 1.29 is 8.42 Å². The van der Waals surface area contributed by atoms with E-state index in [1.807, 2.05) is 0 Å². The molecule has 6 heteroatoms. The molecule has 0 aliphatic heterocycles. The maximum atomic E-state index is 12.3. The van der Waals surface area contributed by atoms with Crippen molar-refractivity contribution in [3.8, 4) is 0 Å². The summed E-state index contributed by atoms with van der Waals surface area (Å²) in [5.74, 6) is 0.505. The van der Waals surface area contributed by atoms with Crippen molar-refractivity contribution in [3.63, 3.8) is 0 Å². The van der Waals surface area contributed by atoms with E-state index < -0.39 is 10.0 Å². The van der Waals surface area contributed by atoms with Crippen LogP contribution >= 0.6 is 15.9 Å². The van der Waals surface area contributed by atoms with E-state index in [0.717, 1.165) is 12.8 Å². The second-order valence-electron chi connectivity index (χ2n) is 4.77. The van der Waals surface area contributed by atoms with Gasteiger partial charge in [-0.3, -0.25) is 4.98 Å². The molecule has 0 aromatic carbocycles. The summed E-state index contributed by atoms with van der Waals surface area (Å²) in [5, 5.41) is 0. The normalized spacial score (nSPS) is 17.5. The molecule has 0 N–H and O–H groups in total. The highest BCUT2D eigenvalue weighted by atomic mass is 79.9. The number of hydrogen-bond acceptors (Lipinski definition) is 3. The van der Waals surface area contributed by atoms with Gasteiger partial charge in [-0.1, -0.05) is 12.8 Å². The van der Waals surface area contributed by atoms with Crippen LogP contribution in [0, 0.1) is 5.92 Å². The van der Waals surface area contributed by atoms with Crippen molar-refractivity contribution in [2.75, 3.05) is 13.6 Å². The molecule has 1 aliphatic carbocycles. The summed E-state index contributed by atoms with van der Waals surface area (Å²) in [6, 6.07) is 1.59. The molecular weight excluding hydrogens is 316 g/mol. The van der Waals surface area contributed by atoms with Crippen molar-refractivity contribution in [2.45, 2.75) is 30.6 Å². The Labute approximate surface area is 117 Å². The van der Waals surface area contributed by atoms with Crippen molar-refractivity contribution >= 4 is 26.0 Å². The number of nitrogens with zero attached hydrogens (tertiary/aromatic N) is 2. The Kier molecular flexibility index (Phi) is 4.40. The minimum Gasteiger partial charge on any atom is -0.262 e. The van der Waals surface area contributed by atoms with Gasteiger partial charge in [0.1, 0.15) is 4.90 Å². The van der Waals surface area contributed by atoms with E-state index in [0.29, 0.717) is 16.9 Å². The zero-order chi connectivity index (χ0) is 13.2. The van der Waals surface area contributed by atoms with Crippen LogP contribution in [0.2, 0.25) is 0 Å². The van der Waals surface area contributed by atoms with Gasteiger partial charge in [-0.2, -0.15) is 0 Å². The molecule has 0 unspecified atom stereocenters. The van der Waals surface area contributed by atoms with Crippen LogP contribution in [0.1, 0.15) is 25.7 Å². The summed E-state index contributed by atoms with van der Waals surface area (Å²) in [6.07, 6.45) is 7.68. The summed E-state index contributed by atoms with van der Waals surface area (Å²) < 4.78 is 26.8. The highest BCUT2D eigenvalue weighted by Gasteiger charge is 2.25. The van der Waals surface area contributed by atoms with Crippen molar-refractivity contribution in [2.24, 2.45) is 5.92 Å². The summed E-state index contributed by atoms with van der Waals surface area (Å²) in [4.78, 5) is 4.16. The fourth-order valence-electron chi connectivity index (χ4n) is 2.37. The molecule has 100 valence electrons. The van der Waals surface area contributed by atoms with E-state index in [1.165, 1.54) is 23.3 Å². The van der Waals surface area contributed by atoms with Crippen LogP contribution in [-0.2, 0) is 10.0 Å². The number of hydrogen-bond donors (Lipinski definition) is 0. The smallest absolute Gasteiger partial charge is 0.244 e. The van der Waals surface area contributed by atoms with Crippen LogP contribution in [0.3, 0.4) is 0 Å². The maximum Gasteiger partial charge on any atom is 0.244 e. The van der Waals surface area contributed by atoms with Gasteiger partial charge in [0.2, 0.25) is 10.0 Å². The van der Waals surface area contributed by atoms with Gasteiger partial charge in [0.25, 0.3) is 0 Å². The highest BCUT2D eigenvalue weighted by molar-refractivity contribution is 9.10. The zero-order valence-corrected chi connectivity index (χ0v) is 12.7. The molecule has 4 nitrogen and oxygen atoms in total. The van der Waals surface area contributed by atoms with Gasteiger partial charge in [0, 0.05) is 30.5 Å². The van der Waals surface area contributed by atoms with Crippen LogP contribution in [0.5, 0.6) is 0 Å². The lowest BCUT2D eigenvalue weighted by atomic mass is 10.1. The molecule has 1 heterocycles. The first-order valence-electron chi connectivity index (χ1n) is 6.07. The highest BCUT2D eigenvalue weighted by Crippen LogP contribution is 2.27. The lowest BCUT2D eigenvalue weighted by molar-refractivity contribution is 0.387. The Hall–Kier alpha value is -0.460. The number of sulfonamides is 1. The van der Waals surface area contributed by atoms with Gasteiger partial charge in [0.05, 0.1) is 0 Å². The molecule has 0 amide bonds. The Morgan fingerprint density at radius 1 is 1.39 bits per heavy atom. The number of pyridine rings is 1. The molecule has 0 spiro atoms. The largest absolute Gasteiger partial charge is 0.262 e. The second-order valence-corrected chi connectivity index (χ2v) is 7.74. The van der Waals surface area contributed by atoms with Gasteiger partial charge in [0.15, 0.2) is 0 Å². The van der Waals surface area contributed by atoms with Crippen molar-refractivity contribution in [1.82, 2.24) is 9.29 Å². The van der Waals surface area contributed by atoms with E-state index in [1.54, 1.807) is 19.3 Å². The van der Waals surface area contributed by atoms with Gasteiger partial charge in [-0.05, 0) is 40.8 Å². The minimum absolute atomic E-state index is 0.248. The topological polar surface area (TPSA) is 50.3 Å². The Bertz CT molecular complexity index is 513. The molecule has 1 aromatic rings. The number of aromatic nitrogens is 1. The third kappa shape index (κ3) is 3.10. The van der Waals surface area contributed by atoms with E-state index in [9.17, 15) is 8.42 Å². The molecule has 1 saturated carbocycles. The average molecular weight is 333 g/mol. The number of halogens is 1. The van der Waals surface area contributed by atoms with E-state index in [4.69, 9.17) is 0 Å². The average Bonchev–Trinajstić information content (AvgIpc) is 2.81. The van der Waals surface area contributed by atoms with Gasteiger partial charge in [-0.15, -0.1) is 0 Å². The maximum absolute atomic E-state index is 12.3. The molecular formula is C12H17BrN2O2S. The molecule has 1 aliphatic rings. The van der Waals surface area contributed by atoms with Crippen LogP contribution in [0.4, 0.5) is 0 Å². The molecule has 0 saturated heterocycles. The fourth-order valence-corrected chi connectivity index (χ4v) is 4.12. The Morgan fingerprint density at radius 2 is 2.06 bits per heavy atom. The van der Waals surface area contributed by atoms with Crippen LogP contribution in [-0.4, -0.2) is 31.3 Å². The predicted molar refractivity (Wildman–Crippen MR) is 73.7 cm³/mol. The summed E-state index contributed by atoms with van der Waals surface area (Å²) in [5.41, 5.74) is 0. The lowest BCUT2D eigenvalue weighted by Gasteiger charge is -2.20. The van der Waals surface area contributed by atoms with Crippen LogP contribution in [0.25, 0.3) is 0 Å². The first kappa shape index (κ1) is 14.0. The van der Waals surface area contributed by atoms with E-state index in [-0.39, 0.29) is 4.90 Å². The molecule has 0 bridgehead atoms. The minimum atomic E-state index is -3.41. The summed E-state index contributed by atoms with van der Waals surface area (Å²) in [7, 11) is -1.76. The van der Waals surface area contributed by atoms with Crippen molar-refractivity contribution in [1.29, 1.82) is 0 Å².